The number of aliphatic carboxylic acids is 2. The van der Waals surface area contributed by atoms with Gasteiger partial charge in [-0.2, -0.15) is 0 Å². The molecule has 5 aromatic heterocycles. The Morgan fingerprint density at radius 3 is 1.10 bits per heavy atom. The number of halogens is 1. The van der Waals surface area contributed by atoms with Gasteiger partial charge in [-0.1, -0.05) is 72.8 Å². The Hall–Kier alpha value is -12.4. The molecule has 0 spiro atoms. The van der Waals surface area contributed by atoms with Gasteiger partial charge < -0.3 is 92.7 Å². The van der Waals surface area contributed by atoms with Crippen LogP contribution in [0, 0.1) is 11.1 Å². The molecule has 746 valence electrons. The monoisotopic (exact) mass is 2020 g/mol. The number of amides is 8. The van der Waals surface area contributed by atoms with E-state index < -0.39 is 98.7 Å². The Labute approximate surface area is 808 Å². The third kappa shape index (κ3) is 27.8. The number of rotatable bonds is 20. The van der Waals surface area contributed by atoms with E-state index in [1.165, 1.54) is 63.5 Å². The molecule has 8 fully saturated rings. The van der Waals surface area contributed by atoms with Gasteiger partial charge in [-0.05, 0) is 213 Å². The molecule has 43 heteroatoms. The van der Waals surface area contributed by atoms with E-state index in [0.29, 0.717) is 125 Å². The Kier molecular flexibility index (Phi) is 36.5. The molecule has 8 aliphatic carbocycles. The normalized spacial score (nSPS) is 18.1. The van der Waals surface area contributed by atoms with Crippen LogP contribution in [0.4, 0.5) is 14.4 Å². The van der Waals surface area contributed by atoms with E-state index in [4.69, 9.17) is 95.1 Å². The highest BCUT2D eigenvalue weighted by Crippen LogP contribution is 2.55. The van der Waals surface area contributed by atoms with Gasteiger partial charge in [0.2, 0.25) is 23.6 Å². The molecule has 3 aromatic carbocycles. The van der Waals surface area contributed by atoms with Crippen molar-refractivity contribution in [3.8, 4) is 0 Å². The molecule has 3 aliphatic heterocycles. The zero-order valence-corrected chi connectivity index (χ0v) is 81.9. The van der Waals surface area contributed by atoms with E-state index in [2.05, 4.69) is 48.8 Å². The lowest BCUT2D eigenvalue weighted by atomic mass is 10.0. The number of carbonyl (C=O) groups is 12. The van der Waals surface area contributed by atoms with Crippen molar-refractivity contribution in [3.63, 3.8) is 0 Å². The van der Waals surface area contributed by atoms with E-state index in [1.807, 2.05) is 43.4 Å². The fraction of sp³-hybridized carbons (Fsp3) is 0.521. The summed E-state index contributed by atoms with van der Waals surface area (Å²) in [6.07, 6.45) is 27.0. The number of carboxylic acid groups (broad SMARTS) is 2. The molecule has 8 aromatic rings. The van der Waals surface area contributed by atoms with Crippen molar-refractivity contribution >= 4 is 94.3 Å². The molecule has 137 heavy (non-hydrogen) atoms. The van der Waals surface area contributed by atoms with Crippen molar-refractivity contribution < 1.29 is 131 Å². The number of carbonyl (C=O) groups excluding carboxylic acids is 10. The number of nitrogens with one attached hydrogen (secondary N) is 3. The van der Waals surface area contributed by atoms with Crippen LogP contribution in [-0.2, 0) is 79.7 Å². The maximum Gasteiger partial charge on any atom is 0.519 e. The summed E-state index contributed by atoms with van der Waals surface area (Å²) < 4.78 is 70.8. The molecule has 0 unspecified atom stereocenters. The topological polar surface area (TPSA) is 600 Å². The molecular formula is C94H126IN15O27. The number of hydrogen-bond donors (Lipinski definition) is 8. The van der Waals surface area contributed by atoms with Crippen molar-refractivity contribution in [3.05, 3.63) is 198 Å². The van der Waals surface area contributed by atoms with Crippen LogP contribution in [0.1, 0.15) is 280 Å². The predicted octanol–water partition coefficient (Wildman–Crippen LogP) is 14.3. The van der Waals surface area contributed by atoms with Crippen LogP contribution in [0.3, 0.4) is 0 Å². The number of imide groups is 3. The van der Waals surface area contributed by atoms with Gasteiger partial charge >= 0.3 is 30.3 Å². The van der Waals surface area contributed by atoms with E-state index >= 15 is 0 Å². The average Bonchev–Trinajstić information content (AvgIpc) is 1.56. The lowest BCUT2D eigenvalue weighted by Crippen LogP contribution is -2.53. The molecule has 8 saturated carbocycles. The first-order valence-corrected chi connectivity index (χ1v) is 45.4. The average molecular weight is 2030 g/mol. The highest BCUT2D eigenvalue weighted by Gasteiger charge is 2.64. The van der Waals surface area contributed by atoms with Crippen LogP contribution in [0.5, 0.6) is 0 Å². The van der Waals surface area contributed by atoms with Gasteiger partial charge in [0.15, 0.2) is 24.4 Å². The largest absolute Gasteiger partial charge is 0.519 e. The first-order chi connectivity index (χ1) is 65.1. The number of alkyl halides is 1. The number of ether oxygens (including phenoxy) is 8. The summed E-state index contributed by atoms with van der Waals surface area (Å²) in [6.45, 7) is 20.5. The Bertz CT molecular complexity index is 5250. The molecule has 0 bridgehead atoms. The second-order valence-electron chi connectivity index (χ2n) is 36.7. The summed E-state index contributed by atoms with van der Waals surface area (Å²) >= 11 is 1.96. The van der Waals surface area contributed by atoms with Gasteiger partial charge in [-0.3, -0.25) is 58.0 Å². The molecule has 42 nitrogen and oxygen atoms in total. The lowest BCUT2D eigenvalue weighted by molar-refractivity contribution is -0.143. The number of fused-ring (bicyclic) bond motifs is 3. The molecule has 0 radical (unpaired) electrons. The van der Waals surface area contributed by atoms with E-state index in [-0.39, 0.29) is 43.6 Å². The molecule has 8 heterocycles. The third-order valence-electron chi connectivity index (χ3n) is 23.2. The van der Waals surface area contributed by atoms with Crippen LogP contribution < -0.4 is 22.5 Å². The first kappa shape index (κ1) is 108. The van der Waals surface area contributed by atoms with Crippen LogP contribution in [0.25, 0.3) is 0 Å². The Morgan fingerprint density at radius 2 is 0.839 bits per heavy atom. The third-order valence-corrected chi connectivity index (χ3v) is 23.2. The van der Waals surface area contributed by atoms with E-state index in [1.54, 1.807) is 184 Å². The number of carboxylic acids is 2. The summed E-state index contributed by atoms with van der Waals surface area (Å²) in [6, 6.07) is 19.9. The first-order valence-electron chi connectivity index (χ1n) is 44.6. The number of benzene rings is 3. The second kappa shape index (κ2) is 46.2. The molecule has 0 saturated heterocycles. The van der Waals surface area contributed by atoms with E-state index in [0.717, 1.165) is 53.7 Å². The molecule has 0 atom stereocenters. The molecule has 11 aliphatic rings. The quantitative estimate of drug-likeness (QED) is 0.00513. The number of nitrogens with two attached hydrogens (primary N) is 3. The Balaban J connectivity index is 0.000000213. The van der Waals surface area contributed by atoms with Crippen LogP contribution in [0.15, 0.2) is 157 Å². The number of oxazole rings is 5. The van der Waals surface area contributed by atoms with Crippen LogP contribution in [0.2, 0.25) is 0 Å². The van der Waals surface area contributed by atoms with Crippen molar-refractivity contribution in [2.24, 2.45) is 17.2 Å². The van der Waals surface area contributed by atoms with Gasteiger partial charge in [0.05, 0.1) is 76.4 Å². The van der Waals surface area contributed by atoms with Crippen molar-refractivity contribution in [2.75, 3.05) is 53.5 Å². The lowest BCUT2D eigenvalue weighted by Gasteiger charge is -2.29. The minimum absolute atomic E-state index is 0. The van der Waals surface area contributed by atoms with Crippen molar-refractivity contribution in [2.45, 2.75) is 259 Å². The summed E-state index contributed by atoms with van der Waals surface area (Å²) in [5.41, 5.74) is 22.6. The van der Waals surface area contributed by atoms with Crippen LogP contribution >= 0.6 is 22.6 Å². The highest BCUT2D eigenvalue weighted by molar-refractivity contribution is 14.1. The SMILES string of the molecule is CC(C)(C)OC(=O)OC(=O)OC(C)(C)C.CC1(c2ncco2)CC1.CCC1(c2ncco2)CC1.CN(C(=O)OC(C)(C)C)C1(c2ncco2)CC1.COC(CN)OC.COC(CNC(=O)C1(N2C(=O)c3ccccc3C2=O)CC1)OC.N=N.NC1(C(=O)O)CC1.NC1(c2ncco2)CC1.O=C1c2ccccc2C(=O)N1C1(C(=O)O)CC1.O=C1c2ccccc2C(=O)N1C1(c2ncco2)CC1.[2H]CI.[HH]. The summed E-state index contributed by atoms with van der Waals surface area (Å²) in [4.78, 5) is 167. The number of hydrogen-bond acceptors (Lipinski definition) is 35. The minimum atomic E-state index is -1.30. The summed E-state index contributed by atoms with van der Waals surface area (Å²) in [5, 5.41) is 20.0. The minimum Gasteiger partial charge on any atom is -0.480 e. The zero-order chi connectivity index (χ0) is 102. The van der Waals surface area contributed by atoms with Crippen LogP contribution in [-0.4, -0.2) is 226 Å². The van der Waals surface area contributed by atoms with Gasteiger partial charge in [-0.15, -0.1) is 0 Å². The molecule has 11 N–H and O–H groups in total. The second-order valence-corrected chi connectivity index (χ2v) is 36.7. The maximum atomic E-state index is 12.5. The maximum absolute atomic E-state index is 12.5. The van der Waals surface area contributed by atoms with Gasteiger partial charge in [0, 0.05) is 55.7 Å². The number of nitrogens with zero attached hydrogens (tertiary/aromatic N) is 9. The Morgan fingerprint density at radius 1 is 0.496 bits per heavy atom. The number of aromatic nitrogens is 5. The highest BCUT2D eigenvalue weighted by atomic mass is 127. The summed E-state index contributed by atoms with van der Waals surface area (Å²) in [5.74, 6) is -1.08. The molecule has 19 rings (SSSR count). The molecular weight excluding hydrogens is 1900 g/mol. The van der Waals surface area contributed by atoms with Gasteiger partial charge in [0.1, 0.15) is 75.8 Å². The van der Waals surface area contributed by atoms with E-state index in [9.17, 15) is 57.5 Å². The summed E-state index contributed by atoms with van der Waals surface area (Å²) in [7, 11) is 7.78. The van der Waals surface area contributed by atoms with Gasteiger partial charge in [0.25, 0.3) is 35.4 Å². The predicted molar refractivity (Wildman–Crippen MR) is 496 cm³/mol. The standard InChI is InChI=1S/C16H18N2O5.C14H10N2O3.C12H18N2O3.C12H9NO4.C10H18O5.C8H11NO.C7H9NO.C6H8N2O.C4H7NO2.C4H11NO2.CH3I.H2N2.H2/c1-22-12(23-2)9-17-15(21)16(7-8-16)18-13(19)10-5-3-4-6-11(10)14(18)20;17-11-9-3-1-2-4-10(9)12(18)16(11)14(5-6-14)13-15-7-8-19-13;1-11(2,3)17-10(15)14(4)12(5-6-12)9-13-7-8-16-9;14-9-7-3-1-2-4-8(7)10(15)13(9)12(5-6-12)11(16)17;1-9(2,3)14-7(11)13-8(12)15-10(4,5)6;1-2-8(3-4-8)7-9-5-6-10-7;1-7(2-3-7)6-8-4-5-9-6;7-6(1-2-6)5-8-3-4-9-5;5-4(1-2-4)3(6)7;1-6-4(3-5)7-2;2*1-2;/h3-6,12H,7-9H2,1-2H3,(H,17,21);1-4,7-8H,5-6H2;7-8H,5-6H2,1-4H3;1-4H,5-6H2,(H,16,17);1-6H3;5-6H,2-4H2,1H3;4-5H,2-3H2,1H3;3-4H,1-2,7H2;1-2,5H2,(H,6,7);4H,3,5H2,1-2H3;1H3;1-2H;1H/i;;;;;;;;;;1D;;. The number of methoxy groups -OCH3 is 4. The molecule has 8 amide bonds. The van der Waals surface area contributed by atoms with Crippen molar-refractivity contribution in [1.29, 1.82) is 11.1 Å². The zero-order valence-electron chi connectivity index (χ0n) is 80.7. The fourth-order valence-electron chi connectivity index (χ4n) is 13.9. The fourth-order valence-corrected chi connectivity index (χ4v) is 13.9. The van der Waals surface area contributed by atoms with Crippen molar-refractivity contribution in [1.82, 2.24) is 49.8 Å². The smallest absolute Gasteiger partial charge is 0.480 e. The van der Waals surface area contributed by atoms with Gasteiger partial charge in [-0.25, -0.2) is 55.2 Å².